The highest BCUT2D eigenvalue weighted by molar-refractivity contribution is 5.74. The molecule has 7 heteroatoms. The van der Waals surface area contributed by atoms with Crippen molar-refractivity contribution in [3.63, 3.8) is 0 Å². The maximum atomic E-state index is 12.8. The van der Waals surface area contributed by atoms with Gasteiger partial charge in [-0.15, -0.1) is 0 Å². The van der Waals surface area contributed by atoms with E-state index in [-0.39, 0.29) is 19.4 Å². The third-order valence-corrected chi connectivity index (χ3v) is 4.46. The summed E-state index contributed by atoms with van der Waals surface area (Å²) in [6.45, 7) is 1.54. The highest BCUT2D eigenvalue weighted by Crippen LogP contribution is 2.37. The zero-order valence-corrected chi connectivity index (χ0v) is 13.6. The fourth-order valence-electron chi connectivity index (χ4n) is 3.01. The standard InChI is InChI=1S/C17H23F3N2O2/c1-16(24,12-6-3-2-4-7-12)11-21-15(23)22-14-9-5-8-13(10-14)17(18,19)20/h2-4,6-7,13-14,24H,5,8-11H2,1H3,(H2,21,22,23)/t13-,14+,16-/m0/s1. The van der Waals surface area contributed by atoms with E-state index < -0.39 is 29.8 Å². The van der Waals surface area contributed by atoms with E-state index in [2.05, 4.69) is 10.6 Å². The molecule has 1 fully saturated rings. The van der Waals surface area contributed by atoms with Crippen LogP contribution in [0, 0.1) is 5.92 Å². The number of hydrogen-bond donors (Lipinski definition) is 3. The van der Waals surface area contributed by atoms with E-state index in [1.165, 1.54) is 0 Å². The van der Waals surface area contributed by atoms with Gasteiger partial charge in [-0.3, -0.25) is 0 Å². The molecule has 0 aromatic heterocycles. The van der Waals surface area contributed by atoms with E-state index in [0.717, 1.165) is 0 Å². The first kappa shape index (κ1) is 18.6. The molecule has 2 rings (SSSR count). The summed E-state index contributed by atoms with van der Waals surface area (Å²) in [4.78, 5) is 11.9. The number of halogens is 3. The molecule has 4 nitrogen and oxygen atoms in total. The van der Waals surface area contributed by atoms with Crippen LogP contribution in [0.15, 0.2) is 30.3 Å². The number of carbonyl (C=O) groups is 1. The second-order valence-corrected chi connectivity index (χ2v) is 6.57. The topological polar surface area (TPSA) is 61.4 Å². The lowest BCUT2D eigenvalue weighted by molar-refractivity contribution is -0.183. The predicted octanol–water partition coefficient (Wildman–Crippen LogP) is 3.31. The molecule has 0 spiro atoms. The molecule has 1 aromatic carbocycles. The van der Waals surface area contributed by atoms with E-state index in [4.69, 9.17) is 0 Å². The van der Waals surface area contributed by atoms with Crippen molar-refractivity contribution in [2.24, 2.45) is 5.92 Å². The Hall–Kier alpha value is -1.76. The summed E-state index contributed by atoms with van der Waals surface area (Å²) in [7, 11) is 0. The fourth-order valence-corrected chi connectivity index (χ4v) is 3.01. The van der Waals surface area contributed by atoms with Gasteiger partial charge in [0, 0.05) is 6.04 Å². The highest BCUT2D eigenvalue weighted by atomic mass is 19.4. The molecule has 0 bridgehead atoms. The normalized spacial score (nSPS) is 24.0. The maximum Gasteiger partial charge on any atom is 0.391 e. The second kappa shape index (κ2) is 7.42. The SMILES string of the molecule is C[C@](O)(CNC(=O)N[C@@H]1CCC[C@H](C(F)(F)F)C1)c1ccccc1. The van der Waals surface area contributed by atoms with Crippen molar-refractivity contribution in [1.29, 1.82) is 0 Å². The van der Waals surface area contributed by atoms with Crippen LogP contribution in [-0.4, -0.2) is 29.9 Å². The Kier molecular flexibility index (Phi) is 5.74. The highest BCUT2D eigenvalue weighted by Gasteiger charge is 2.42. The molecule has 3 N–H and O–H groups in total. The van der Waals surface area contributed by atoms with Crippen LogP contribution >= 0.6 is 0 Å². The zero-order chi connectivity index (χ0) is 17.8. The second-order valence-electron chi connectivity index (χ2n) is 6.57. The molecule has 0 unspecified atom stereocenters. The van der Waals surface area contributed by atoms with Crippen molar-refractivity contribution in [2.75, 3.05) is 6.54 Å². The van der Waals surface area contributed by atoms with Gasteiger partial charge in [0.1, 0.15) is 5.60 Å². The molecule has 0 aliphatic heterocycles. The average molecular weight is 344 g/mol. The molecule has 2 amide bonds. The summed E-state index contributed by atoms with van der Waals surface area (Å²) in [5.74, 6) is -1.36. The van der Waals surface area contributed by atoms with E-state index >= 15 is 0 Å². The van der Waals surface area contributed by atoms with Gasteiger partial charge in [0.25, 0.3) is 0 Å². The van der Waals surface area contributed by atoms with Crippen LogP contribution in [0.1, 0.15) is 38.2 Å². The third kappa shape index (κ3) is 5.12. The van der Waals surface area contributed by atoms with Crippen LogP contribution < -0.4 is 10.6 Å². The number of benzene rings is 1. The molecule has 0 heterocycles. The summed E-state index contributed by atoms with van der Waals surface area (Å²) in [5, 5.41) is 15.5. The van der Waals surface area contributed by atoms with E-state index in [0.29, 0.717) is 18.4 Å². The Balaban J connectivity index is 1.83. The maximum absolute atomic E-state index is 12.8. The summed E-state index contributed by atoms with van der Waals surface area (Å²) in [6.07, 6.45) is -3.21. The van der Waals surface area contributed by atoms with Gasteiger partial charge in [-0.05, 0) is 31.7 Å². The lowest BCUT2D eigenvalue weighted by Crippen LogP contribution is -2.48. The van der Waals surface area contributed by atoms with Gasteiger partial charge in [0.2, 0.25) is 0 Å². The van der Waals surface area contributed by atoms with Crippen molar-refractivity contribution in [1.82, 2.24) is 10.6 Å². The van der Waals surface area contributed by atoms with Crippen LogP contribution in [0.2, 0.25) is 0 Å². The number of urea groups is 1. The Labute approximate surface area is 139 Å². The molecule has 1 aliphatic rings. The Morgan fingerprint density at radius 3 is 2.54 bits per heavy atom. The molecule has 1 saturated carbocycles. The van der Waals surface area contributed by atoms with Gasteiger partial charge in [-0.1, -0.05) is 36.8 Å². The first-order valence-corrected chi connectivity index (χ1v) is 8.07. The Bertz CT molecular complexity index is 547. The van der Waals surface area contributed by atoms with Gasteiger partial charge in [0.15, 0.2) is 0 Å². The molecular formula is C17H23F3N2O2. The smallest absolute Gasteiger partial charge is 0.384 e. The summed E-state index contributed by atoms with van der Waals surface area (Å²) < 4.78 is 38.3. The van der Waals surface area contributed by atoms with Crippen LogP contribution in [-0.2, 0) is 5.60 Å². The number of alkyl halides is 3. The molecule has 24 heavy (non-hydrogen) atoms. The van der Waals surface area contributed by atoms with Crippen LogP contribution in [0.5, 0.6) is 0 Å². The van der Waals surface area contributed by atoms with Crippen molar-refractivity contribution < 1.29 is 23.1 Å². The third-order valence-electron chi connectivity index (χ3n) is 4.46. The van der Waals surface area contributed by atoms with Crippen LogP contribution in [0.3, 0.4) is 0 Å². The van der Waals surface area contributed by atoms with Crippen molar-refractivity contribution in [3.05, 3.63) is 35.9 Å². The number of aliphatic hydroxyl groups is 1. The Morgan fingerprint density at radius 2 is 1.92 bits per heavy atom. The number of nitrogens with one attached hydrogen (secondary N) is 2. The van der Waals surface area contributed by atoms with Crippen LogP contribution in [0.25, 0.3) is 0 Å². The number of carbonyl (C=O) groups excluding carboxylic acids is 1. The molecule has 1 aromatic rings. The molecule has 1 aliphatic carbocycles. The number of amides is 2. The zero-order valence-electron chi connectivity index (χ0n) is 13.6. The van der Waals surface area contributed by atoms with Gasteiger partial charge >= 0.3 is 12.2 Å². The van der Waals surface area contributed by atoms with Crippen molar-refractivity contribution in [2.45, 2.75) is 50.4 Å². The summed E-state index contributed by atoms with van der Waals surface area (Å²) >= 11 is 0. The quantitative estimate of drug-likeness (QED) is 0.785. The van der Waals surface area contributed by atoms with E-state index in [1.807, 2.05) is 6.07 Å². The fraction of sp³-hybridized carbons (Fsp3) is 0.588. The minimum Gasteiger partial charge on any atom is -0.384 e. The van der Waals surface area contributed by atoms with Gasteiger partial charge < -0.3 is 15.7 Å². The van der Waals surface area contributed by atoms with E-state index in [1.54, 1.807) is 31.2 Å². The monoisotopic (exact) mass is 344 g/mol. The molecular weight excluding hydrogens is 321 g/mol. The lowest BCUT2D eigenvalue weighted by atomic mass is 9.85. The molecule has 134 valence electrons. The van der Waals surface area contributed by atoms with E-state index in [9.17, 15) is 23.1 Å². The van der Waals surface area contributed by atoms with Gasteiger partial charge in [-0.2, -0.15) is 13.2 Å². The van der Waals surface area contributed by atoms with Crippen molar-refractivity contribution >= 4 is 6.03 Å². The summed E-state index contributed by atoms with van der Waals surface area (Å²) in [6, 6.07) is 7.82. The van der Waals surface area contributed by atoms with Crippen LogP contribution in [0.4, 0.5) is 18.0 Å². The first-order chi connectivity index (χ1) is 11.2. The Morgan fingerprint density at radius 1 is 1.25 bits per heavy atom. The largest absolute Gasteiger partial charge is 0.391 e. The predicted molar refractivity (Wildman–Crippen MR) is 84.3 cm³/mol. The number of hydrogen-bond acceptors (Lipinski definition) is 2. The minimum absolute atomic E-state index is 0.0295. The lowest BCUT2D eigenvalue weighted by Gasteiger charge is -2.31. The molecule has 0 radical (unpaired) electrons. The average Bonchev–Trinajstić information content (AvgIpc) is 2.53. The minimum atomic E-state index is -4.21. The first-order valence-electron chi connectivity index (χ1n) is 8.07. The number of rotatable bonds is 4. The van der Waals surface area contributed by atoms with Gasteiger partial charge in [0.05, 0.1) is 12.5 Å². The van der Waals surface area contributed by atoms with Crippen molar-refractivity contribution in [3.8, 4) is 0 Å². The molecule has 0 saturated heterocycles. The summed E-state index contributed by atoms with van der Waals surface area (Å²) in [5.41, 5.74) is -0.597. The van der Waals surface area contributed by atoms with Gasteiger partial charge in [-0.25, -0.2) is 4.79 Å². The molecule has 3 atom stereocenters.